The van der Waals surface area contributed by atoms with Gasteiger partial charge < -0.3 is 19.6 Å². The van der Waals surface area contributed by atoms with Crippen molar-refractivity contribution in [3.05, 3.63) is 59.3 Å². The van der Waals surface area contributed by atoms with Crippen LogP contribution in [0.2, 0.25) is 0 Å². The number of hydrogen-bond donors (Lipinski definition) is 2. The number of methoxy groups -OCH3 is 1. The highest BCUT2D eigenvalue weighted by atomic mass is 32.2. The quantitative estimate of drug-likeness (QED) is 0.471. The molecule has 0 saturated heterocycles. The summed E-state index contributed by atoms with van der Waals surface area (Å²) in [4.78, 5) is 15.8. The standard InChI is InChI=1S/C25H29NO4S/c1-4-30-18-9-10-22(20(14-18)16-5-7-17(8-6-16)25(27)28)31-24-19-11-12-26-23(19)15(2)13-21(24)29-3/h5-8,11-13,18,20,22,26H,4,9-10,14H2,1-3H3,(H,27,28)/t18-,20-,22-/m1/s1. The molecule has 1 fully saturated rings. The first kappa shape index (κ1) is 21.8. The smallest absolute Gasteiger partial charge is 0.335 e. The highest BCUT2D eigenvalue weighted by molar-refractivity contribution is 8.00. The topological polar surface area (TPSA) is 71.5 Å². The normalized spacial score (nSPS) is 21.3. The number of hydrogen-bond acceptors (Lipinski definition) is 4. The fraction of sp³-hybridized carbons (Fsp3) is 0.400. The Balaban J connectivity index is 1.69. The molecule has 0 amide bonds. The summed E-state index contributed by atoms with van der Waals surface area (Å²) in [6, 6.07) is 11.6. The highest BCUT2D eigenvalue weighted by Crippen LogP contribution is 2.48. The van der Waals surface area contributed by atoms with Gasteiger partial charge in [0.25, 0.3) is 0 Å². The number of H-pyrrole nitrogens is 1. The van der Waals surface area contributed by atoms with Gasteiger partial charge in [-0.3, -0.25) is 0 Å². The second-order valence-corrected chi connectivity index (χ2v) is 9.32. The molecule has 5 nitrogen and oxygen atoms in total. The number of nitrogens with one attached hydrogen (secondary N) is 1. The van der Waals surface area contributed by atoms with E-state index in [2.05, 4.69) is 24.0 Å². The number of carboxylic acids is 1. The second kappa shape index (κ2) is 9.37. The minimum absolute atomic E-state index is 0.234. The van der Waals surface area contributed by atoms with E-state index in [4.69, 9.17) is 9.47 Å². The van der Waals surface area contributed by atoms with E-state index >= 15 is 0 Å². The van der Waals surface area contributed by atoms with Crippen molar-refractivity contribution in [3.8, 4) is 5.75 Å². The summed E-state index contributed by atoms with van der Waals surface area (Å²) < 4.78 is 11.7. The van der Waals surface area contributed by atoms with Gasteiger partial charge in [-0.2, -0.15) is 0 Å². The molecule has 0 unspecified atom stereocenters. The lowest BCUT2D eigenvalue weighted by atomic mass is 9.81. The molecule has 3 atom stereocenters. The summed E-state index contributed by atoms with van der Waals surface area (Å²) in [7, 11) is 1.73. The van der Waals surface area contributed by atoms with Crippen molar-refractivity contribution >= 4 is 28.6 Å². The predicted octanol–water partition coefficient (Wildman–Crippen LogP) is 6.02. The lowest BCUT2D eigenvalue weighted by Crippen LogP contribution is -2.30. The molecule has 1 aliphatic rings. The van der Waals surface area contributed by atoms with Gasteiger partial charge >= 0.3 is 5.97 Å². The number of thioether (sulfide) groups is 1. The van der Waals surface area contributed by atoms with Gasteiger partial charge in [0.2, 0.25) is 0 Å². The molecule has 1 saturated carbocycles. The van der Waals surface area contributed by atoms with Crippen molar-refractivity contribution in [2.45, 2.75) is 55.3 Å². The zero-order valence-corrected chi connectivity index (χ0v) is 19.0. The van der Waals surface area contributed by atoms with E-state index in [0.717, 1.165) is 35.4 Å². The third-order valence-electron chi connectivity index (χ3n) is 6.17. The molecule has 1 aliphatic carbocycles. The molecule has 0 aliphatic heterocycles. The Morgan fingerprint density at radius 1 is 1.23 bits per heavy atom. The molecule has 0 spiro atoms. The Bertz CT molecular complexity index is 1060. The van der Waals surface area contributed by atoms with Gasteiger partial charge in [0.15, 0.2) is 0 Å². The first-order valence-corrected chi connectivity index (χ1v) is 11.7. The molecule has 2 aromatic carbocycles. The maximum absolute atomic E-state index is 11.3. The first-order chi connectivity index (χ1) is 15.0. The van der Waals surface area contributed by atoms with E-state index in [0.29, 0.717) is 17.4 Å². The van der Waals surface area contributed by atoms with Gasteiger partial charge in [0.1, 0.15) is 5.75 Å². The Hall–Kier alpha value is -2.44. The number of benzene rings is 2. The highest BCUT2D eigenvalue weighted by Gasteiger charge is 2.34. The SMILES string of the molecule is CCO[C@@H]1CC[C@@H](Sc2c(OC)cc(C)c3[nH]ccc23)[C@@H](c2ccc(C(=O)O)cc2)C1. The summed E-state index contributed by atoms with van der Waals surface area (Å²) in [6.07, 6.45) is 5.21. The van der Waals surface area contributed by atoms with Gasteiger partial charge in [0.05, 0.1) is 23.7 Å². The van der Waals surface area contributed by atoms with E-state index in [1.807, 2.05) is 37.0 Å². The Morgan fingerprint density at radius 2 is 2.00 bits per heavy atom. The number of aromatic nitrogens is 1. The molecule has 1 heterocycles. The summed E-state index contributed by atoms with van der Waals surface area (Å²) in [6.45, 7) is 4.84. The van der Waals surface area contributed by atoms with E-state index in [-0.39, 0.29) is 12.0 Å². The number of rotatable bonds is 7. The first-order valence-electron chi connectivity index (χ1n) is 10.8. The van der Waals surface area contributed by atoms with E-state index in [1.54, 1.807) is 19.2 Å². The number of aromatic amines is 1. The molecule has 164 valence electrons. The number of aryl methyl sites for hydroxylation is 1. The monoisotopic (exact) mass is 439 g/mol. The lowest BCUT2D eigenvalue weighted by Gasteiger charge is -2.36. The zero-order valence-electron chi connectivity index (χ0n) is 18.2. The molecule has 0 bridgehead atoms. The van der Waals surface area contributed by atoms with Crippen molar-refractivity contribution in [2.75, 3.05) is 13.7 Å². The van der Waals surface area contributed by atoms with Crippen molar-refractivity contribution in [2.24, 2.45) is 0 Å². The lowest BCUT2D eigenvalue weighted by molar-refractivity contribution is 0.0321. The molecular formula is C25H29NO4S. The molecule has 0 radical (unpaired) electrons. The largest absolute Gasteiger partial charge is 0.496 e. The van der Waals surface area contributed by atoms with Gasteiger partial charge in [0, 0.05) is 29.0 Å². The average Bonchev–Trinajstić information content (AvgIpc) is 3.27. The number of aromatic carboxylic acids is 1. The summed E-state index contributed by atoms with van der Waals surface area (Å²) in [5, 5.41) is 10.8. The Kier molecular flexibility index (Phi) is 6.58. The Morgan fingerprint density at radius 3 is 2.68 bits per heavy atom. The van der Waals surface area contributed by atoms with Crippen LogP contribution in [0.1, 0.15) is 53.6 Å². The zero-order chi connectivity index (χ0) is 22.0. The Labute approximate surface area is 187 Å². The van der Waals surface area contributed by atoms with Crippen molar-refractivity contribution in [1.82, 2.24) is 4.98 Å². The third-order valence-corrected chi connectivity index (χ3v) is 7.70. The van der Waals surface area contributed by atoms with Crippen molar-refractivity contribution in [3.63, 3.8) is 0 Å². The van der Waals surface area contributed by atoms with Crippen LogP contribution in [-0.4, -0.2) is 41.1 Å². The molecule has 6 heteroatoms. The summed E-state index contributed by atoms with van der Waals surface area (Å²) >= 11 is 1.88. The number of ether oxygens (including phenoxy) is 2. The number of carbonyl (C=O) groups is 1. The van der Waals surface area contributed by atoms with Crippen LogP contribution in [0.25, 0.3) is 10.9 Å². The maximum Gasteiger partial charge on any atom is 0.335 e. The molecule has 2 N–H and O–H groups in total. The van der Waals surface area contributed by atoms with E-state index < -0.39 is 5.97 Å². The third kappa shape index (κ3) is 4.46. The minimum atomic E-state index is -0.896. The van der Waals surface area contributed by atoms with E-state index in [9.17, 15) is 9.90 Å². The molecule has 4 rings (SSSR count). The molecule has 3 aromatic rings. The molecule has 31 heavy (non-hydrogen) atoms. The van der Waals surface area contributed by atoms with Crippen LogP contribution < -0.4 is 4.74 Å². The van der Waals surface area contributed by atoms with Crippen molar-refractivity contribution in [1.29, 1.82) is 0 Å². The van der Waals surface area contributed by atoms with Gasteiger partial charge in [-0.1, -0.05) is 12.1 Å². The summed E-state index contributed by atoms with van der Waals surface area (Å²) in [5.74, 6) is 0.284. The molecule has 1 aromatic heterocycles. The van der Waals surface area contributed by atoms with Crippen LogP contribution in [0.4, 0.5) is 0 Å². The van der Waals surface area contributed by atoms with E-state index in [1.165, 1.54) is 16.5 Å². The average molecular weight is 440 g/mol. The van der Waals surface area contributed by atoms with Crippen LogP contribution in [0.15, 0.2) is 47.5 Å². The summed E-state index contributed by atoms with van der Waals surface area (Å²) in [5.41, 5.74) is 3.80. The van der Waals surface area contributed by atoms with Crippen molar-refractivity contribution < 1.29 is 19.4 Å². The predicted molar refractivity (Wildman–Crippen MR) is 125 cm³/mol. The minimum Gasteiger partial charge on any atom is -0.496 e. The fourth-order valence-electron chi connectivity index (χ4n) is 4.63. The van der Waals surface area contributed by atoms with Crippen LogP contribution in [-0.2, 0) is 4.74 Å². The maximum atomic E-state index is 11.3. The van der Waals surface area contributed by atoms with Crippen LogP contribution in [0.3, 0.4) is 0 Å². The second-order valence-electron chi connectivity index (χ2n) is 8.07. The molecular weight excluding hydrogens is 410 g/mol. The van der Waals surface area contributed by atoms with Crippen LogP contribution >= 0.6 is 11.8 Å². The van der Waals surface area contributed by atoms with Gasteiger partial charge in [-0.05, 0) is 74.4 Å². The van der Waals surface area contributed by atoms with Gasteiger partial charge in [-0.15, -0.1) is 11.8 Å². The van der Waals surface area contributed by atoms with Gasteiger partial charge in [-0.25, -0.2) is 4.79 Å². The van der Waals surface area contributed by atoms with Crippen LogP contribution in [0.5, 0.6) is 5.75 Å². The fourth-order valence-corrected chi connectivity index (χ4v) is 6.18. The number of fused-ring (bicyclic) bond motifs is 1. The number of carboxylic acid groups (broad SMARTS) is 1. The van der Waals surface area contributed by atoms with Crippen LogP contribution in [0, 0.1) is 6.92 Å².